The van der Waals surface area contributed by atoms with Crippen LogP contribution in [-0.4, -0.2) is 63.5 Å². The summed E-state index contributed by atoms with van der Waals surface area (Å²) >= 11 is 0. The van der Waals surface area contributed by atoms with Gasteiger partial charge in [-0.2, -0.15) is 0 Å². The van der Waals surface area contributed by atoms with E-state index < -0.39 is 10.0 Å². The molecule has 0 saturated carbocycles. The molecule has 1 amide bonds. The van der Waals surface area contributed by atoms with Crippen molar-refractivity contribution in [3.05, 3.63) is 60.2 Å². The minimum absolute atomic E-state index is 0.0449. The molecule has 0 unspecified atom stereocenters. The number of nitrogens with zero attached hydrogens (tertiary/aromatic N) is 2. The third kappa shape index (κ3) is 5.79. The Hall–Kier alpha value is -2.42. The van der Waals surface area contributed by atoms with E-state index in [-0.39, 0.29) is 17.2 Å². The van der Waals surface area contributed by atoms with Gasteiger partial charge in [0.05, 0.1) is 11.3 Å². The SMILES string of the molecule is NS(=O)(=O)c1ccc(CC(=O)N2CCN(CCOc3ccccc3)CC2)cc1. The molecule has 7 nitrogen and oxygen atoms in total. The highest BCUT2D eigenvalue weighted by atomic mass is 32.2. The van der Waals surface area contributed by atoms with Crippen molar-refractivity contribution in [3.8, 4) is 5.75 Å². The van der Waals surface area contributed by atoms with Crippen molar-refractivity contribution in [2.24, 2.45) is 5.14 Å². The van der Waals surface area contributed by atoms with E-state index in [2.05, 4.69) is 4.90 Å². The molecule has 0 spiro atoms. The Balaban J connectivity index is 1.41. The fourth-order valence-electron chi connectivity index (χ4n) is 3.11. The minimum Gasteiger partial charge on any atom is -0.492 e. The number of primary sulfonamides is 1. The molecule has 2 aromatic rings. The normalized spacial score (nSPS) is 15.4. The Morgan fingerprint density at radius 1 is 0.964 bits per heavy atom. The van der Waals surface area contributed by atoms with Gasteiger partial charge >= 0.3 is 0 Å². The highest BCUT2D eigenvalue weighted by molar-refractivity contribution is 7.89. The number of sulfonamides is 1. The number of ether oxygens (including phenoxy) is 1. The first-order chi connectivity index (χ1) is 13.4. The quantitative estimate of drug-likeness (QED) is 0.747. The molecule has 0 radical (unpaired) electrons. The van der Waals surface area contributed by atoms with Crippen molar-refractivity contribution in [2.75, 3.05) is 39.3 Å². The highest BCUT2D eigenvalue weighted by Crippen LogP contribution is 2.12. The number of carbonyl (C=O) groups excluding carboxylic acids is 1. The molecule has 1 fully saturated rings. The van der Waals surface area contributed by atoms with E-state index >= 15 is 0 Å². The summed E-state index contributed by atoms with van der Waals surface area (Å²) in [5.41, 5.74) is 0.774. The third-order valence-electron chi connectivity index (χ3n) is 4.75. The van der Waals surface area contributed by atoms with Crippen LogP contribution in [0.2, 0.25) is 0 Å². The van der Waals surface area contributed by atoms with Crippen molar-refractivity contribution < 1.29 is 17.9 Å². The number of rotatable bonds is 7. The number of nitrogens with two attached hydrogens (primary N) is 1. The van der Waals surface area contributed by atoms with Crippen molar-refractivity contribution in [3.63, 3.8) is 0 Å². The Bertz CT molecular complexity index is 877. The van der Waals surface area contributed by atoms with Gasteiger partial charge in [0.15, 0.2) is 0 Å². The number of benzene rings is 2. The zero-order chi connectivity index (χ0) is 20.0. The van der Waals surface area contributed by atoms with Crippen LogP contribution < -0.4 is 9.88 Å². The lowest BCUT2D eigenvalue weighted by atomic mass is 10.1. The second kappa shape index (κ2) is 9.18. The predicted octanol–water partition coefficient (Wildman–Crippen LogP) is 1.10. The predicted molar refractivity (Wildman–Crippen MR) is 106 cm³/mol. The fourth-order valence-corrected chi connectivity index (χ4v) is 3.63. The van der Waals surface area contributed by atoms with Gasteiger partial charge in [-0.1, -0.05) is 30.3 Å². The number of carbonyl (C=O) groups is 1. The standard InChI is InChI=1S/C20H25N3O4S/c21-28(25,26)19-8-6-17(7-9-19)16-20(24)23-12-10-22(11-13-23)14-15-27-18-4-2-1-3-5-18/h1-9H,10-16H2,(H2,21,25,26). The maximum absolute atomic E-state index is 12.5. The van der Waals surface area contributed by atoms with Crippen LogP contribution in [0.3, 0.4) is 0 Å². The van der Waals surface area contributed by atoms with E-state index in [1.54, 1.807) is 12.1 Å². The van der Waals surface area contributed by atoms with Crippen molar-refractivity contribution in [1.82, 2.24) is 9.80 Å². The number of hydrogen-bond acceptors (Lipinski definition) is 5. The number of amides is 1. The van der Waals surface area contributed by atoms with E-state index in [1.807, 2.05) is 35.2 Å². The van der Waals surface area contributed by atoms with Crippen LogP contribution in [0.25, 0.3) is 0 Å². The topological polar surface area (TPSA) is 92.9 Å². The Morgan fingerprint density at radius 2 is 1.61 bits per heavy atom. The average Bonchev–Trinajstić information content (AvgIpc) is 2.69. The van der Waals surface area contributed by atoms with Crippen LogP contribution >= 0.6 is 0 Å². The summed E-state index contributed by atoms with van der Waals surface area (Å²) in [4.78, 5) is 16.7. The summed E-state index contributed by atoms with van der Waals surface area (Å²) in [6, 6.07) is 15.9. The second-order valence-corrected chi connectivity index (χ2v) is 8.31. The van der Waals surface area contributed by atoms with Crippen LogP contribution in [0, 0.1) is 0 Å². The Labute approximate surface area is 165 Å². The molecule has 8 heteroatoms. The molecule has 1 aliphatic rings. The summed E-state index contributed by atoms with van der Waals surface area (Å²) in [7, 11) is -3.71. The minimum atomic E-state index is -3.71. The molecule has 0 aliphatic carbocycles. The largest absolute Gasteiger partial charge is 0.492 e. The molecular formula is C20H25N3O4S. The fraction of sp³-hybridized carbons (Fsp3) is 0.350. The third-order valence-corrected chi connectivity index (χ3v) is 5.68. The van der Waals surface area contributed by atoms with Gasteiger partial charge in [0, 0.05) is 32.7 Å². The van der Waals surface area contributed by atoms with Crippen molar-refractivity contribution in [1.29, 1.82) is 0 Å². The number of hydrogen-bond donors (Lipinski definition) is 1. The van der Waals surface area contributed by atoms with Crippen molar-refractivity contribution in [2.45, 2.75) is 11.3 Å². The summed E-state index contributed by atoms with van der Waals surface area (Å²) in [5, 5.41) is 5.09. The van der Waals surface area contributed by atoms with Gasteiger partial charge in [-0.25, -0.2) is 13.6 Å². The van der Waals surface area contributed by atoms with Crippen LogP contribution in [0.4, 0.5) is 0 Å². The molecule has 1 heterocycles. The number of para-hydroxylation sites is 1. The second-order valence-electron chi connectivity index (χ2n) is 6.75. The van der Waals surface area contributed by atoms with Crippen LogP contribution in [0.1, 0.15) is 5.56 Å². The van der Waals surface area contributed by atoms with Gasteiger partial charge in [-0.15, -0.1) is 0 Å². The van der Waals surface area contributed by atoms with Crippen LogP contribution in [0.15, 0.2) is 59.5 Å². The van der Waals surface area contributed by atoms with Gasteiger partial charge in [0.25, 0.3) is 0 Å². The highest BCUT2D eigenvalue weighted by Gasteiger charge is 2.21. The van der Waals surface area contributed by atoms with Crippen LogP contribution in [-0.2, 0) is 21.2 Å². The summed E-state index contributed by atoms with van der Waals surface area (Å²) in [5.74, 6) is 0.910. The van der Waals surface area contributed by atoms with Crippen molar-refractivity contribution >= 4 is 15.9 Å². The lowest BCUT2D eigenvalue weighted by Gasteiger charge is -2.34. The van der Waals surface area contributed by atoms with E-state index in [4.69, 9.17) is 9.88 Å². The van der Waals surface area contributed by atoms with Gasteiger partial charge in [-0.3, -0.25) is 9.69 Å². The molecule has 28 heavy (non-hydrogen) atoms. The molecule has 3 rings (SSSR count). The Kier molecular flexibility index (Phi) is 6.66. The van der Waals surface area contributed by atoms with Crippen LogP contribution in [0.5, 0.6) is 5.75 Å². The first-order valence-electron chi connectivity index (χ1n) is 9.21. The molecule has 150 valence electrons. The summed E-state index contributed by atoms with van der Waals surface area (Å²) < 4.78 is 28.3. The van der Waals surface area contributed by atoms with E-state index in [1.165, 1.54) is 12.1 Å². The first-order valence-corrected chi connectivity index (χ1v) is 10.8. The first kappa shape index (κ1) is 20.3. The average molecular weight is 404 g/mol. The van der Waals surface area contributed by atoms with Gasteiger partial charge in [0.2, 0.25) is 15.9 Å². The summed E-state index contributed by atoms with van der Waals surface area (Å²) in [6.45, 7) is 4.43. The van der Waals surface area contributed by atoms with E-state index in [9.17, 15) is 13.2 Å². The lowest BCUT2D eigenvalue weighted by Crippen LogP contribution is -2.49. The van der Waals surface area contributed by atoms with E-state index in [0.717, 1.165) is 30.9 Å². The maximum Gasteiger partial charge on any atom is 0.238 e. The van der Waals surface area contributed by atoms with Gasteiger partial charge in [-0.05, 0) is 29.8 Å². The molecule has 0 aromatic heterocycles. The molecule has 2 aromatic carbocycles. The lowest BCUT2D eigenvalue weighted by molar-refractivity contribution is -0.132. The monoisotopic (exact) mass is 403 g/mol. The molecule has 0 bridgehead atoms. The zero-order valence-electron chi connectivity index (χ0n) is 15.7. The number of piperazine rings is 1. The van der Waals surface area contributed by atoms with E-state index in [0.29, 0.717) is 19.7 Å². The molecule has 1 aliphatic heterocycles. The zero-order valence-corrected chi connectivity index (χ0v) is 16.5. The smallest absolute Gasteiger partial charge is 0.238 e. The Morgan fingerprint density at radius 3 is 2.21 bits per heavy atom. The molecular weight excluding hydrogens is 378 g/mol. The summed E-state index contributed by atoms with van der Waals surface area (Å²) in [6.07, 6.45) is 0.252. The van der Waals surface area contributed by atoms with Gasteiger partial charge < -0.3 is 9.64 Å². The molecule has 2 N–H and O–H groups in total. The van der Waals surface area contributed by atoms with Gasteiger partial charge in [0.1, 0.15) is 12.4 Å². The maximum atomic E-state index is 12.5. The molecule has 0 atom stereocenters. The molecule has 1 saturated heterocycles.